The summed E-state index contributed by atoms with van der Waals surface area (Å²) in [5, 5.41) is 0. The number of ether oxygens (including phenoxy) is 1. The van der Waals surface area contributed by atoms with E-state index in [4.69, 9.17) is 10.5 Å². The fraction of sp³-hybridized carbons (Fsp3) is 0.429. The van der Waals surface area contributed by atoms with Gasteiger partial charge in [0.25, 0.3) is 0 Å². The molecule has 2 heteroatoms. The average molecular weight is 215 g/mol. The van der Waals surface area contributed by atoms with E-state index in [1.54, 1.807) is 0 Å². The van der Waals surface area contributed by atoms with Crippen LogP contribution in [-0.4, -0.2) is 12.6 Å². The van der Waals surface area contributed by atoms with Crippen molar-refractivity contribution in [2.24, 2.45) is 11.7 Å². The quantitative estimate of drug-likeness (QED) is 0.766. The van der Waals surface area contributed by atoms with E-state index in [0.29, 0.717) is 12.5 Å². The Morgan fingerprint density at radius 2 is 2.31 bits per heavy atom. The van der Waals surface area contributed by atoms with Crippen LogP contribution in [-0.2, 0) is 6.42 Å². The van der Waals surface area contributed by atoms with Crippen molar-refractivity contribution in [3.8, 4) is 17.6 Å². The van der Waals surface area contributed by atoms with Crippen molar-refractivity contribution in [1.29, 1.82) is 0 Å². The zero-order chi connectivity index (χ0) is 11.4. The van der Waals surface area contributed by atoms with Crippen molar-refractivity contribution in [3.05, 3.63) is 29.8 Å². The number of nitrogens with two attached hydrogens (primary N) is 1. The molecule has 1 aromatic rings. The van der Waals surface area contributed by atoms with E-state index in [-0.39, 0.29) is 6.04 Å². The number of fused-ring (bicyclic) bond motifs is 1. The van der Waals surface area contributed by atoms with Crippen molar-refractivity contribution in [2.45, 2.75) is 25.8 Å². The van der Waals surface area contributed by atoms with Crippen LogP contribution in [0, 0.1) is 17.8 Å². The third kappa shape index (κ3) is 2.37. The van der Waals surface area contributed by atoms with Crippen LogP contribution in [0.2, 0.25) is 0 Å². The largest absolute Gasteiger partial charge is 0.493 e. The van der Waals surface area contributed by atoms with Gasteiger partial charge in [-0.25, -0.2) is 0 Å². The summed E-state index contributed by atoms with van der Waals surface area (Å²) in [5.41, 5.74) is 7.37. The molecule has 0 amide bonds. The van der Waals surface area contributed by atoms with Crippen molar-refractivity contribution >= 4 is 0 Å². The van der Waals surface area contributed by atoms with Gasteiger partial charge < -0.3 is 10.5 Å². The fourth-order valence-electron chi connectivity index (χ4n) is 2.01. The summed E-state index contributed by atoms with van der Waals surface area (Å²) in [7, 11) is 0. The smallest absolute Gasteiger partial charge is 0.122 e. The highest BCUT2D eigenvalue weighted by Crippen LogP contribution is 2.28. The number of benzene rings is 1. The van der Waals surface area contributed by atoms with E-state index in [2.05, 4.69) is 17.9 Å². The third-order valence-corrected chi connectivity index (χ3v) is 3.03. The van der Waals surface area contributed by atoms with E-state index in [0.717, 1.165) is 18.6 Å². The zero-order valence-electron chi connectivity index (χ0n) is 9.57. The molecule has 1 aliphatic rings. The van der Waals surface area contributed by atoms with E-state index in [9.17, 15) is 0 Å². The highest BCUT2D eigenvalue weighted by atomic mass is 16.5. The lowest BCUT2D eigenvalue weighted by Crippen LogP contribution is -2.37. The second-order valence-corrected chi connectivity index (χ2v) is 4.18. The summed E-state index contributed by atoms with van der Waals surface area (Å²) in [6.07, 6.45) is 1.76. The summed E-state index contributed by atoms with van der Waals surface area (Å²) in [6.45, 7) is 2.56. The Morgan fingerprint density at radius 3 is 3.12 bits per heavy atom. The van der Waals surface area contributed by atoms with Crippen LogP contribution in [0.1, 0.15) is 18.9 Å². The van der Waals surface area contributed by atoms with Gasteiger partial charge >= 0.3 is 0 Å². The molecule has 16 heavy (non-hydrogen) atoms. The van der Waals surface area contributed by atoms with Gasteiger partial charge in [0.1, 0.15) is 5.75 Å². The standard InChI is InChI=1S/C14H17NO/c1-2-3-7-13(15)12-9-11-6-4-5-8-14(11)16-10-12/h4-6,8,12-13H,7,9-10,15H2,1H3. The number of hydrogen-bond donors (Lipinski definition) is 1. The van der Waals surface area contributed by atoms with Crippen molar-refractivity contribution in [3.63, 3.8) is 0 Å². The molecule has 1 aliphatic heterocycles. The molecule has 1 aromatic carbocycles. The first-order valence-corrected chi connectivity index (χ1v) is 5.67. The lowest BCUT2D eigenvalue weighted by molar-refractivity contribution is 0.200. The van der Waals surface area contributed by atoms with Gasteiger partial charge in [-0.2, -0.15) is 0 Å². The van der Waals surface area contributed by atoms with E-state index in [1.165, 1.54) is 5.56 Å². The maximum atomic E-state index is 6.11. The third-order valence-electron chi connectivity index (χ3n) is 3.03. The molecule has 0 radical (unpaired) electrons. The number of rotatable bonds is 2. The van der Waals surface area contributed by atoms with E-state index >= 15 is 0 Å². The average Bonchev–Trinajstić information content (AvgIpc) is 2.35. The van der Waals surface area contributed by atoms with Crippen LogP contribution in [0.3, 0.4) is 0 Å². The minimum absolute atomic E-state index is 0.112. The first kappa shape index (κ1) is 11.0. The minimum atomic E-state index is 0.112. The van der Waals surface area contributed by atoms with Crippen molar-refractivity contribution in [1.82, 2.24) is 0 Å². The summed E-state index contributed by atoms with van der Waals surface area (Å²) in [6, 6.07) is 8.28. The molecule has 0 fully saturated rings. The van der Waals surface area contributed by atoms with Crippen LogP contribution >= 0.6 is 0 Å². The maximum Gasteiger partial charge on any atom is 0.122 e. The fourth-order valence-corrected chi connectivity index (χ4v) is 2.01. The van der Waals surface area contributed by atoms with Crippen LogP contribution in [0.15, 0.2) is 24.3 Å². The Morgan fingerprint density at radius 1 is 1.50 bits per heavy atom. The predicted molar refractivity (Wildman–Crippen MR) is 65.2 cm³/mol. The van der Waals surface area contributed by atoms with Gasteiger partial charge in [-0.3, -0.25) is 0 Å². The molecule has 0 spiro atoms. The SMILES string of the molecule is CC#CCC(N)C1COc2ccccc2C1. The summed E-state index contributed by atoms with van der Waals surface area (Å²) >= 11 is 0. The summed E-state index contributed by atoms with van der Waals surface area (Å²) in [4.78, 5) is 0. The molecular formula is C14H17NO. The zero-order valence-corrected chi connectivity index (χ0v) is 9.57. The molecular weight excluding hydrogens is 198 g/mol. The lowest BCUT2D eigenvalue weighted by Gasteiger charge is -2.28. The Kier molecular flexibility index (Phi) is 3.48. The summed E-state index contributed by atoms with van der Waals surface area (Å²) in [5.74, 6) is 7.32. The molecule has 2 N–H and O–H groups in total. The lowest BCUT2D eigenvalue weighted by atomic mass is 9.89. The molecule has 0 aromatic heterocycles. The van der Waals surface area contributed by atoms with Crippen LogP contribution in [0.25, 0.3) is 0 Å². The molecule has 1 heterocycles. The number of para-hydroxylation sites is 1. The van der Waals surface area contributed by atoms with Crippen LogP contribution < -0.4 is 10.5 Å². The second kappa shape index (κ2) is 5.05. The first-order valence-electron chi connectivity index (χ1n) is 5.67. The molecule has 84 valence electrons. The first-order chi connectivity index (χ1) is 7.81. The molecule has 2 atom stereocenters. The molecule has 2 unspecified atom stereocenters. The minimum Gasteiger partial charge on any atom is -0.493 e. The van der Waals surface area contributed by atoms with Gasteiger partial charge in [-0.1, -0.05) is 18.2 Å². The normalized spacial score (nSPS) is 20.0. The van der Waals surface area contributed by atoms with E-state index in [1.807, 2.05) is 25.1 Å². The van der Waals surface area contributed by atoms with Crippen molar-refractivity contribution in [2.75, 3.05) is 6.61 Å². The monoisotopic (exact) mass is 215 g/mol. The Bertz CT molecular complexity index is 416. The Balaban J connectivity index is 2.04. The molecule has 0 aliphatic carbocycles. The highest BCUT2D eigenvalue weighted by Gasteiger charge is 2.24. The molecule has 2 nitrogen and oxygen atoms in total. The van der Waals surface area contributed by atoms with E-state index < -0.39 is 0 Å². The number of hydrogen-bond acceptors (Lipinski definition) is 2. The summed E-state index contributed by atoms with van der Waals surface area (Å²) < 4.78 is 5.71. The Labute approximate surface area is 96.8 Å². The second-order valence-electron chi connectivity index (χ2n) is 4.18. The van der Waals surface area contributed by atoms with Gasteiger partial charge in [-0.15, -0.1) is 11.8 Å². The van der Waals surface area contributed by atoms with Crippen LogP contribution in [0.4, 0.5) is 0 Å². The Hall–Kier alpha value is -1.46. The van der Waals surface area contributed by atoms with Gasteiger partial charge in [0.2, 0.25) is 0 Å². The van der Waals surface area contributed by atoms with Gasteiger partial charge in [-0.05, 0) is 25.0 Å². The van der Waals surface area contributed by atoms with Gasteiger partial charge in [0.15, 0.2) is 0 Å². The van der Waals surface area contributed by atoms with Crippen LogP contribution in [0.5, 0.6) is 5.75 Å². The molecule has 0 saturated carbocycles. The van der Waals surface area contributed by atoms with Gasteiger partial charge in [0, 0.05) is 18.4 Å². The molecule has 0 saturated heterocycles. The van der Waals surface area contributed by atoms with Crippen molar-refractivity contribution < 1.29 is 4.74 Å². The maximum absolute atomic E-state index is 6.11. The highest BCUT2D eigenvalue weighted by molar-refractivity contribution is 5.35. The topological polar surface area (TPSA) is 35.2 Å². The molecule has 2 rings (SSSR count). The predicted octanol–water partition coefficient (Wildman–Crippen LogP) is 1.98. The molecule has 0 bridgehead atoms. The van der Waals surface area contributed by atoms with Gasteiger partial charge in [0.05, 0.1) is 6.61 Å².